The summed E-state index contributed by atoms with van der Waals surface area (Å²) in [6, 6.07) is 11.4. The van der Waals surface area contributed by atoms with Crippen LogP contribution in [0.15, 0.2) is 50.2 Å². The third kappa shape index (κ3) is 6.29. The number of amides is 3. The minimum absolute atomic E-state index is 0.190. The molecule has 0 unspecified atom stereocenters. The molecule has 2 saturated heterocycles. The molecule has 35 heavy (non-hydrogen) atoms. The first-order valence-corrected chi connectivity index (χ1v) is 13.5. The van der Waals surface area contributed by atoms with Crippen LogP contribution in [0.4, 0.5) is 4.79 Å². The molecule has 2 heterocycles. The van der Waals surface area contributed by atoms with Crippen LogP contribution in [0, 0.1) is 0 Å². The average Bonchev–Trinajstić information content (AvgIpc) is 3.11. The lowest BCUT2D eigenvalue weighted by Gasteiger charge is -2.27. The molecule has 0 atom stereocenters. The second-order valence-corrected chi connectivity index (χ2v) is 10.9. The highest BCUT2D eigenvalue weighted by Gasteiger charge is 2.37. The van der Waals surface area contributed by atoms with Crippen molar-refractivity contribution in [3.63, 3.8) is 0 Å². The molecule has 2 aliphatic rings. The van der Waals surface area contributed by atoms with Crippen LogP contribution >= 0.6 is 43.6 Å². The molecule has 2 aromatic rings. The lowest BCUT2D eigenvalue weighted by molar-refractivity contribution is -0.136. The van der Waals surface area contributed by atoms with E-state index in [0.717, 1.165) is 46.0 Å². The van der Waals surface area contributed by atoms with Crippen molar-refractivity contribution in [1.29, 1.82) is 0 Å². The predicted octanol–water partition coefficient (Wildman–Crippen LogP) is 5.85. The minimum atomic E-state index is -0.462. The molecular weight excluding hydrogens is 600 g/mol. The van der Waals surface area contributed by atoms with E-state index in [0.29, 0.717) is 41.2 Å². The zero-order valence-electron chi connectivity index (χ0n) is 19.1. The molecule has 4 rings (SSSR count). The van der Waals surface area contributed by atoms with Gasteiger partial charge < -0.3 is 14.4 Å². The van der Waals surface area contributed by atoms with Gasteiger partial charge in [-0.05, 0) is 88.4 Å². The van der Waals surface area contributed by atoms with Gasteiger partial charge in [0.25, 0.3) is 11.1 Å². The first kappa shape index (κ1) is 25.8. The number of carbonyl (C=O) groups is 3. The van der Waals surface area contributed by atoms with E-state index in [1.807, 2.05) is 24.3 Å². The third-order valence-electron chi connectivity index (χ3n) is 5.72. The van der Waals surface area contributed by atoms with Gasteiger partial charge in [-0.25, -0.2) is 0 Å². The molecule has 0 spiro atoms. The molecule has 0 aliphatic carbocycles. The van der Waals surface area contributed by atoms with Gasteiger partial charge in [0.05, 0.1) is 16.5 Å². The number of rotatable bonds is 7. The highest BCUT2D eigenvalue weighted by Crippen LogP contribution is 2.39. The van der Waals surface area contributed by atoms with Gasteiger partial charge in [-0.1, -0.05) is 28.1 Å². The van der Waals surface area contributed by atoms with Crippen LogP contribution in [-0.2, 0) is 16.2 Å². The van der Waals surface area contributed by atoms with E-state index in [4.69, 9.17) is 9.47 Å². The summed E-state index contributed by atoms with van der Waals surface area (Å²) in [7, 11) is 1.54. The highest BCUT2D eigenvalue weighted by atomic mass is 79.9. The van der Waals surface area contributed by atoms with Gasteiger partial charge in [0.2, 0.25) is 5.91 Å². The van der Waals surface area contributed by atoms with E-state index in [-0.39, 0.29) is 17.4 Å². The maximum atomic E-state index is 12.9. The molecule has 2 fully saturated rings. The number of thioether (sulfide) groups is 1. The van der Waals surface area contributed by atoms with E-state index in [1.165, 1.54) is 7.11 Å². The molecule has 0 saturated carbocycles. The van der Waals surface area contributed by atoms with E-state index in [1.54, 1.807) is 23.1 Å². The van der Waals surface area contributed by atoms with E-state index in [9.17, 15) is 14.4 Å². The van der Waals surface area contributed by atoms with Gasteiger partial charge in [0.15, 0.2) is 11.5 Å². The number of piperidine rings is 1. The summed E-state index contributed by atoms with van der Waals surface area (Å²) in [5.41, 5.74) is 1.66. The summed E-state index contributed by atoms with van der Waals surface area (Å²) in [6.07, 6.45) is 4.63. The Morgan fingerprint density at radius 1 is 1.09 bits per heavy atom. The summed E-state index contributed by atoms with van der Waals surface area (Å²) in [5, 5.41) is -0.438. The fourth-order valence-corrected chi connectivity index (χ4v) is 5.54. The molecule has 0 N–H and O–H groups in total. The summed E-state index contributed by atoms with van der Waals surface area (Å²) in [4.78, 5) is 41.0. The molecule has 184 valence electrons. The number of ether oxygens (including phenoxy) is 2. The Balaban J connectivity index is 1.47. The fourth-order valence-electron chi connectivity index (χ4n) is 3.87. The van der Waals surface area contributed by atoms with Crippen LogP contribution in [0.2, 0.25) is 0 Å². The molecular formula is C25H24Br2N2O5S. The van der Waals surface area contributed by atoms with Crippen LogP contribution in [0.5, 0.6) is 11.5 Å². The maximum absolute atomic E-state index is 12.9. The van der Waals surface area contributed by atoms with Crippen molar-refractivity contribution in [2.45, 2.75) is 25.9 Å². The smallest absolute Gasteiger partial charge is 0.294 e. The summed E-state index contributed by atoms with van der Waals surface area (Å²) < 4.78 is 13.1. The monoisotopic (exact) mass is 622 g/mol. The topological polar surface area (TPSA) is 76.2 Å². The molecule has 2 aliphatic heterocycles. The normalized spacial score (nSPS) is 17.3. The summed E-state index contributed by atoms with van der Waals surface area (Å²) >= 11 is 7.78. The Bertz CT molecular complexity index is 1160. The Kier molecular flexibility index (Phi) is 8.56. The Hall–Kier alpha value is -2.30. The minimum Gasteiger partial charge on any atom is -0.493 e. The largest absolute Gasteiger partial charge is 0.493 e. The third-order valence-corrected chi connectivity index (χ3v) is 7.75. The van der Waals surface area contributed by atoms with Crippen LogP contribution in [0.25, 0.3) is 6.08 Å². The number of hydrogen-bond donors (Lipinski definition) is 0. The van der Waals surface area contributed by atoms with Crippen molar-refractivity contribution in [1.82, 2.24) is 9.80 Å². The molecule has 0 bridgehead atoms. The van der Waals surface area contributed by atoms with Crippen LogP contribution in [0.1, 0.15) is 30.4 Å². The molecule has 2 aromatic carbocycles. The van der Waals surface area contributed by atoms with E-state index >= 15 is 0 Å². The van der Waals surface area contributed by atoms with E-state index < -0.39 is 11.1 Å². The van der Waals surface area contributed by atoms with Crippen molar-refractivity contribution in [2.24, 2.45) is 0 Å². The second kappa shape index (κ2) is 11.6. The Morgan fingerprint density at radius 2 is 1.80 bits per heavy atom. The number of halogens is 2. The van der Waals surface area contributed by atoms with Crippen molar-refractivity contribution >= 4 is 66.8 Å². The van der Waals surface area contributed by atoms with Crippen molar-refractivity contribution in [3.05, 3.63) is 61.4 Å². The number of hydrogen-bond acceptors (Lipinski definition) is 6. The van der Waals surface area contributed by atoms with E-state index in [2.05, 4.69) is 31.9 Å². The quantitative estimate of drug-likeness (QED) is 0.360. The zero-order chi connectivity index (χ0) is 24.9. The average molecular weight is 624 g/mol. The lowest BCUT2D eigenvalue weighted by atomic mass is 10.1. The zero-order valence-corrected chi connectivity index (χ0v) is 23.1. The standard InChI is InChI=1S/C25H24Br2N2O5S/c1-33-20-12-17(11-19(27)23(20)34-15-16-5-7-18(26)8-6-16)13-21-24(31)29(25(32)35-21)14-22(30)28-9-3-2-4-10-28/h5-8,11-13H,2-4,9-10,14-15H2,1H3/b21-13+. The van der Waals surface area contributed by atoms with Gasteiger partial charge in [-0.15, -0.1) is 0 Å². The van der Waals surface area contributed by atoms with Gasteiger partial charge >= 0.3 is 0 Å². The summed E-state index contributed by atoms with van der Waals surface area (Å²) in [5.74, 6) is 0.371. The number of benzene rings is 2. The lowest BCUT2D eigenvalue weighted by Crippen LogP contribution is -2.44. The number of methoxy groups -OCH3 is 1. The number of nitrogens with zero attached hydrogens (tertiary/aromatic N) is 2. The first-order valence-electron chi connectivity index (χ1n) is 11.1. The Morgan fingerprint density at radius 3 is 2.49 bits per heavy atom. The summed E-state index contributed by atoms with van der Waals surface area (Å²) in [6.45, 7) is 1.48. The van der Waals surface area contributed by atoms with Gasteiger partial charge in [-0.3, -0.25) is 19.3 Å². The van der Waals surface area contributed by atoms with Gasteiger partial charge in [-0.2, -0.15) is 0 Å². The van der Waals surface area contributed by atoms with Crippen LogP contribution in [0.3, 0.4) is 0 Å². The van der Waals surface area contributed by atoms with Crippen LogP contribution < -0.4 is 9.47 Å². The predicted molar refractivity (Wildman–Crippen MR) is 142 cm³/mol. The van der Waals surface area contributed by atoms with Gasteiger partial charge in [0.1, 0.15) is 13.2 Å². The Labute approximate surface area is 225 Å². The fraction of sp³-hybridized carbons (Fsp3) is 0.320. The first-order chi connectivity index (χ1) is 16.9. The number of imide groups is 1. The maximum Gasteiger partial charge on any atom is 0.294 e. The molecule has 7 nitrogen and oxygen atoms in total. The van der Waals surface area contributed by atoms with Gasteiger partial charge in [0, 0.05) is 17.6 Å². The molecule has 0 radical (unpaired) electrons. The molecule has 10 heteroatoms. The van der Waals surface area contributed by atoms with Crippen molar-refractivity contribution in [3.8, 4) is 11.5 Å². The van der Waals surface area contributed by atoms with Crippen molar-refractivity contribution < 1.29 is 23.9 Å². The van der Waals surface area contributed by atoms with Crippen molar-refractivity contribution in [2.75, 3.05) is 26.7 Å². The second-order valence-electron chi connectivity index (χ2n) is 8.16. The molecule has 0 aromatic heterocycles. The SMILES string of the molecule is COc1cc(/C=C2/SC(=O)N(CC(=O)N3CCCCC3)C2=O)cc(Br)c1OCc1ccc(Br)cc1. The number of carbonyl (C=O) groups excluding carboxylic acids is 3. The molecule has 3 amide bonds. The highest BCUT2D eigenvalue weighted by molar-refractivity contribution is 9.10. The van der Waals surface area contributed by atoms with Crippen LogP contribution in [-0.4, -0.2) is 53.6 Å². The number of likely N-dealkylation sites (tertiary alicyclic amines) is 1.